The van der Waals surface area contributed by atoms with Crippen LogP contribution < -0.4 is 11.3 Å². The van der Waals surface area contributed by atoms with Crippen LogP contribution in [-0.2, 0) is 11.3 Å². The van der Waals surface area contributed by atoms with E-state index in [9.17, 15) is 0 Å². The molecule has 3 N–H and O–H groups in total. The first-order valence-electron chi connectivity index (χ1n) is 7.41. The number of nitrogen functional groups attached to an aromatic ring is 1. The third-order valence-corrected chi connectivity index (χ3v) is 5.26. The minimum Gasteiger partial charge on any atom is -0.375 e. The molecule has 112 valence electrons. The van der Waals surface area contributed by atoms with Crippen molar-refractivity contribution in [1.82, 2.24) is 14.9 Å². The number of ether oxygens (including phenoxy) is 1. The minimum absolute atomic E-state index is 0.399. The number of nitrogens with one attached hydrogen (secondary N) is 1. The highest BCUT2D eigenvalue weighted by atomic mass is 32.1. The molecule has 3 heterocycles. The van der Waals surface area contributed by atoms with Gasteiger partial charge in [-0.2, -0.15) is 0 Å². The van der Waals surface area contributed by atoms with Gasteiger partial charge in [0.2, 0.25) is 0 Å². The molecular formula is C14H19N5OS. The molecule has 0 bridgehead atoms. The second-order valence-electron chi connectivity index (χ2n) is 5.65. The van der Waals surface area contributed by atoms with Crippen LogP contribution >= 0.6 is 11.3 Å². The van der Waals surface area contributed by atoms with E-state index < -0.39 is 0 Å². The molecule has 2 atom stereocenters. The summed E-state index contributed by atoms with van der Waals surface area (Å²) in [4.78, 5) is 12.7. The van der Waals surface area contributed by atoms with E-state index in [2.05, 4.69) is 20.3 Å². The van der Waals surface area contributed by atoms with E-state index in [1.165, 1.54) is 19.3 Å². The van der Waals surface area contributed by atoms with E-state index in [4.69, 9.17) is 10.6 Å². The first kappa shape index (κ1) is 13.4. The van der Waals surface area contributed by atoms with Crippen LogP contribution in [-0.4, -0.2) is 40.2 Å². The molecule has 0 radical (unpaired) electrons. The topological polar surface area (TPSA) is 76.3 Å². The monoisotopic (exact) mass is 305 g/mol. The van der Waals surface area contributed by atoms with Gasteiger partial charge < -0.3 is 10.2 Å². The molecule has 1 aliphatic carbocycles. The average molecular weight is 305 g/mol. The lowest BCUT2D eigenvalue weighted by Crippen LogP contribution is -2.48. The highest BCUT2D eigenvalue weighted by molar-refractivity contribution is 7.16. The quantitative estimate of drug-likeness (QED) is 0.664. The molecule has 2 aromatic rings. The van der Waals surface area contributed by atoms with Crippen molar-refractivity contribution in [1.29, 1.82) is 0 Å². The Kier molecular flexibility index (Phi) is 3.50. The lowest BCUT2D eigenvalue weighted by atomic mass is 10.1. The van der Waals surface area contributed by atoms with Crippen molar-refractivity contribution in [3.05, 3.63) is 17.3 Å². The van der Waals surface area contributed by atoms with Crippen molar-refractivity contribution in [2.24, 2.45) is 5.84 Å². The largest absolute Gasteiger partial charge is 0.375 e. The zero-order valence-electron chi connectivity index (χ0n) is 11.8. The summed E-state index contributed by atoms with van der Waals surface area (Å²) in [5, 5.41) is 3.01. The Morgan fingerprint density at radius 3 is 3.29 bits per heavy atom. The molecule has 2 fully saturated rings. The summed E-state index contributed by atoms with van der Waals surface area (Å²) in [5.74, 6) is 7.15. The minimum atomic E-state index is 0.399. The van der Waals surface area contributed by atoms with Crippen molar-refractivity contribution in [3.8, 4) is 0 Å². The number of thiophene rings is 1. The molecule has 0 amide bonds. The van der Waals surface area contributed by atoms with Crippen LogP contribution in [0.15, 0.2) is 11.4 Å². The van der Waals surface area contributed by atoms with Crippen molar-refractivity contribution in [2.45, 2.75) is 38.0 Å². The van der Waals surface area contributed by atoms with Gasteiger partial charge >= 0.3 is 0 Å². The number of hydrogen-bond acceptors (Lipinski definition) is 7. The van der Waals surface area contributed by atoms with Crippen molar-refractivity contribution >= 4 is 27.4 Å². The summed E-state index contributed by atoms with van der Waals surface area (Å²) >= 11 is 1.62. The smallest absolute Gasteiger partial charge is 0.152 e. The zero-order valence-corrected chi connectivity index (χ0v) is 12.6. The van der Waals surface area contributed by atoms with Crippen molar-refractivity contribution in [2.75, 3.05) is 18.6 Å². The molecule has 2 unspecified atom stereocenters. The number of rotatable bonds is 3. The molecule has 1 saturated carbocycles. The summed E-state index contributed by atoms with van der Waals surface area (Å²) < 4.78 is 5.86. The van der Waals surface area contributed by atoms with Gasteiger partial charge in [-0.3, -0.25) is 4.90 Å². The van der Waals surface area contributed by atoms with Gasteiger partial charge in [-0.05, 0) is 30.7 Å². The molecule has 0 spiro atoms. The fourth-order valence-corrected chi connectivity index (χ4v) is 4.25. The number of hydrogen-bond donors (Lipinski definition) is 2. The summed E-state index contributed by atoms with van der Waals surface area (Å²) in [5.41, 5.74) is 2.69. The Labute approximate surface area is 127 Å². The molecule has 0 aromatic carbocycles. The fraction of sp³-hybridized carbons (Fsp3) is 0.571. The summed E-state index contributed by atoms with van der Waals surface area (Å²) in [6.45, 7) is 2.54. The number of morpholine rings is 1. The van der Waals surface area contributed by atoms with E-state index in [-0.39, 0.29) is 0 Å². The average Bonchev–Trinajstić information content (AvgIpc) is 3.15. The Morgan fingerprint density at radius 1 is 1.43 bits per heavy atom. The van der Waals surface area contributed by atoms with Gasteiger partial charge in [0, 0.05) is 12.6 Å². The fourth-order valence-electron chi connectivity index (χ4n) is 3.46. The molecule has 2 aliphatic rings. The molecule has 21 heavy (non-hydrogen) atoms. The first-order valence-corrected chi connectivity index (χ1v) is 8.29. The number of hydrazine groups is 1. The number of aromatic nitrogens is 2. The standard InChI is InChI=1S/C14H19N5OS/c15-18-13-9-4-7-21-14(9)17-12(16-13)8-19-5-6-20-11-3-1-2-10(11)19/h4,7,10-11H,1-3,5-6,8,15H2,(H,16,17,18). The predicted octanol–water partition coefficient (Wildman–Crippen LogP) is 1.73. The van der Waals surface area contributed by atoms with Crippen LogP contribution in [0.1, 0.15) is 25.1 Å². The van der Waals surface area contributed by atoms with Gasteiger partial charge in [-0.25, -0.2) is 15.8 Å². The summed E-state index contributed by atoms with van der Waals surface area (Å²) in [6.07, 6.45) is 4.05. The maximum Gasteiger partial charge on any atom is 0.152 e. The highest BCUT2D eigenvalue weighted by Crippen LogP contribution is 2.31. The molecule has 7 heteroatoms. The Hall–Kier alpha value is -1.28. The predicted molar refractivity (Wildman–Crippen MR) is 83.0 cm³/mol. The highest BCUT2D eigenvalue weighted by Gasteiger charge is 2.36. The second-order valence-corrected chi connectivity index (χ2v) is 6.54. The molecule has 2 aromatic heterocycles. The Morgan fingerprint density at radius 2 is 2.38 bits per heavy atom. The van der Waals surface area contributed by atoms with Crippen LogP contribution in [0.25, 0.3) is 10.2 Å². The second kappa shape index (κ2) is 5.49. The molecule has 1 aliphatic heterocycles. The van der Waals surface area contributed by atoms with Gasteiger partial charge in [-0.15, -0.1) is 11.3 Å². The van der Waals surface area contributed by atoms with Gasteiger partial charge in [-0.1, -0.05) is 0 Å². The molecular weight excluding hydrogens is 286 g/mol. The van der Waals surface area contributed by atoms with E-state index in [1.807, 2.05) is 11.4 Å². The van der Waals surface area contributed by atoms with Crippen molar-refractivity contribution < 1.29 is 4.74 Å². The number of nitrogens with two attached hydrogens (primary N) is 1. The van der Waals surface area contributed by atoms with Gasteiger partial charge in [0.05, 0.1) is 24.6 Å². The Bertz CT molecular complexity index is 645. The van der Waals surface area contributed by atoms with Gasteiger partial charge in [0.1, 0.15) is 10.7 Å². The van der Waals surface area contributed by atoms with Crippen LogP contribution in [0.3, 0.4) is 0 Å². The normalized spacial score (nSPS) is 26.1. The number of nitrogens with zero attached hydrogens (tertiary/aromatic N) is 3. The number of fused-ring (bicyclic) bond motifs is 2. The van der Waals surface area contributed by atoms with Crippen molar-refractivity contribution in [3.63, 3.8) is 0 Å². The third-order valence-electron chi connectivity index (χ3n) is 4.45. The van der Waals surface area contributed by atoms with Crippen LogP contribution in [0.4, 0.5) is 5.82 Å². The molecule has 1 saturated heterocycles. The van der Waals surface area contributed by atoms with E-state index in [0.29, 0.717) is 18.0 Å². The van der Waals surface area contributed by atoms with Crippen LogP contribution in [0.2, 0.25) is 0 Å². The maximum absolute atomic E-state index is 5.86. The zero-order chi connectivity index (χ0) is 14.2. The molecule has 4 rings (SSSR count). The summed E-state index contributed by atoms with van der Waals surface area (Å²) in [6, 6.07) is 2.52. The lowest BCUT2D eigenvalue weighted by Gasteiger charge is -2.37. The van der Waals surface area contributed by atoms with E-state index in [1.54, 1.807) is 11.3 Å². The van der Waals surface area contributed by atoms with Gasteiger partial charge in [0.25, 0.3) is 0 Å². The van der Waals surface area contributed by atoms with Crippen LogP contribution in [0.5, 0.6) is 0 Å². The Balaban J connectivity index is 1.61. The summed E-state index contributed by atoms with van der Waals surface area (Å²) in [7, 11) is 0. The maximum atomic E-state index is 5.86. The third kappa shape index (κ3) is 2.40. The van der Waals surface area contributed by atoms with Gasteiger partial charge in [0.15, 0.2) is 5.82 Å². The van der Waals surface area contributed by atoms with E-state index >= 15 is 0 Å². The molecule has 6 nitrogen and oxygen atoms in total. The van der Waals surface area contributed by atoms with Crippen LogP contribution in [0, 0.1) is 0 Å². The van der Waals surface area contributed by atoms with E-state index in [0.717, 1.165) is 35.7 Å². The SMILES string of the molecule is NNc1nc(CN2CCOC3CCCC32)nc2sccc12. The number of anilines is 1. The lowest BCUT2D eigenvalue weighted by molar-refractivity contribution is -0.0595. The first-order chi connectivity index (χ1) is 10.3.